The lowest BCUT2D eigenvalue weighted by Crippen LogP contribution is -2.12. The topological polar surface area (TPSA) is 73.3 Å². The quantitative estimate of drug-likeness (QED) is 0.177. The predicted molar refractivity (Wildman–Crippen MR) is 146 cm³/mol. The molecule has 0 saturated carbocycles. The van der Waals surface area contributed by atoms with Crippen molar-refractivity contribution in [3.05, 3.63) is 112 Å². The highest BCUT2D eigenvalue weighted by Crippen LogP contribution is 2.27. The van der Waals surface area contributed by atoms with Crippen molar-refractivity contribution in [1.29, 1.82) is 0 Å². The molecule has 7 heteroatoms. The van der Waals surface area contributed by atoms with Crippen molar-refractivity contribution < 1.29 is 17.4 Å². The number of hydrogen-bond donors (Lipinski definition) is 0. The first-order valence-corrected chi connectivity index (χ1v) is 13.7. The predicted octanol–water partition coefficient (Wildman–Crippen LogP) is 6.91. The number of nitrogens with zero attached hydrogens (tertiary/aromatic N) is 1. The standard InChI is InChI=1S/C29H26ClNO4S/c1-20(32)27-9-4-3-7-22(27)13-17-29(35-36(2,33)34)24-8-5-6-21(18-24)10-15-26-16-12-23-11-14-25(30)19-28(23)31-26/h3-12,14-16,18-19,29H,13,17H2,1-2H3/t29-/m1/s1. The first kappa shape index (κ1) is 25.8. The Morgan fingerprint density at radius 3 is 2.56 bits per heavy atom. The Hall–Kier alpha value is -3.32. The fourth-order valence-electron chi connectivity index (χ4n) is 4.09. The van der Waals surface area contributed by atoms with Gasteiger partial charge in [-0.3, -0.25) is 8.98 Å². The van der Waals surface area contributed by atoms with Crippen LogP contribution in [0.5, 0.6) is 0 Å². The molecule has 0 saturated heterocycles. The molecule has 1 aromatic heterocycles. The number of carbonyl (C=O) groups excluding carboxylic acids is 1. The molecule has 3 aromatic carbocycles. The van der Waals surface area contributed by atoms with E-state index >= 15 is 0 Å². The van der Waals surface area contributed by atoms with Crippen molar-refractivity contribution in [2.45, 2.75) is 25.9 Å². The lowest BCUT2D eigenvalue weighted by Gasteiger charge is -2.18. The van der Waals surface area contributed by atoms with Crippen LogP contribution in [0.1, 0.15) is 52.2 Å². The second-order valence-electron chi connectivity index (χ2n) is 8.62. The van der Waals surface area contributed by atoms with Gasteiger partial charge in [-0.05, 0) is 66.8 Å². The molecule has 184 valence electrons. The van der Waals surface area contributed by atoms with Gasteiger partial charge in [0.15, 0.2) is 5.78 Å². The lowest BCUT2D eigenvalue weighted by molar-refractivity contribution is 0.101. The number of ketones is 1. The summed E-state index contributed by atoms with van der Waals surface area (Å²) < 4.78 is 29.5. The third kappa shape index (κ3) is 6.88. The van der Waals surface area contributed by atoms with E-state index in [2.05, 4.69) is 4.98 Å². The van der Waals surface area contributed by atoms with Gasteiger partial charge in [-0.2, -0.15) is 8.42 Å². The minimum Gasteiger partial charge on any atom is -0.295 e. The van der Waals surface area contributed by atoms with Crippen LogP contribution in [0.15, 0.2) is 78.9 Å². The van der Waals surface area contributed by atoms with Crippen LogP contribution in [0, 0.1) is 0 Å². The van der Waals surface area contributed by atoms with Gasteiger partial charge in [0, 0.05) is 16.0 Å². The molecule has 1 atom stereocenters. The minimum atomic E-state index is -3.70. The van der Waals surface area contributed by atoms with Gasteiger partial charge in [-0.25, -0.2) is 4.98 Å². The fraction of sp³-hybridized carbons (Fsp3) is 0.172. The highest BCUT2D eigenvalue weighted by molar-refractivity contribution is 7.86. The van der Waals surface area contributed by atoms with E-state index in [1.165, 1.54) is 6.92 Å². The van der Waals surface area contributed by atoms with Crippen LogP contribution in [-0.2, 0) is 20.7 Å². The molecule has 5 nitrogen and oxygen atoms in total. The summed E-state index contributed by atoms with van der Waals surface area (Å²) in [6, 6.07) is 24.4. The van der Waals surface area contributed by atoms with Gasteiger partial charge in [0.05, 0.1) is 17.5 Å². The molecule has 0 spiro atoms. The zero-order chi connectivity index (χ0) is 25.7. The molecule has 0 fully saturated rings. The van der Waals surface area contributed by atoms with Crippen molar-refractivity contribution in [2.75, 3.05) is 6.26 Å². The summed E-state index contributed by atoms with van der Waals surface area (Å²) >= 11 is 6.10. The highest BCUT2D eigenvalue weighted by Gasteiger charge is 2.19. The van der Waals surface area contributed by atoms with E-state index in [0.717, 1.165) is 39.5 Å². The van der Waals surface area contributed by atoms with Gasteiger partial charge in [0.25, 0.3) is 10.1 Å². The molecule has 0 amide bonds. The van der Waals surface area contributed by atoms with Gasteiger partial charge >= 0.3 is 0 Å². The maximum absolute atomic E-state index is 12.0. The third-order valence-electron chi connectivity index (χ3n) is 5.77. The SMILES string of the molecule is CC(=O)c1ccccc1CC[C@@H](OS(C)(=O)=O)c1cccc(C=Cc2ccc3ccc(Cl)cc3n2)c1. The number of aryl methyl sites for hydroxylation is 1. The van der Waals surface area contributed by atoms with Crippen LogP contribution in [0.3, 0.4) is 0 Å². The second-order valence-corrected chi connectivity index (χ2v) is 10.7. The van der Waals surface area contributed by atoms with Gasteiger partial charge < -0.3 is 0 Å². The van der Waals surface area contributed by atoms with Crippen LogP contribution in [0.2, 0.25) is 5.02 Å². The van der Waals surface area contributed by atoms with Gasteiger partial charge in [0.2, 0.25) is 0 Å². The number of aromatic nitrogens is 1. The molecule has 36 heavy (non-hydrogen) atoms. The summed E-state index contributed by atoms with van der Waals surface area (Å²) in [5.41, 5.74) is 4.71. The number of fused-ring (bicyclic) bond motifs is 1. The van der Waals surface area contributed by atoms with Crippen molar-refractivity contribution in [1.82, 2.24) is 4.98 Å². The minimum absolute atomic E-state index is 0.0251. The molecular formula is C29H26ClNO4S. The van der Waals surface area contributed by atoms with E-state index in [0.29, 0.717) is 23.4 Å². The number of benzene rings is 3. The fourth-order valence-corrected chi connectivity index (χ4v) is 4.89. The van der Waals surface area contributed by atoms with Crippen molar-refractivity contribution >= 4 is 50.6 Å². The maximum Gasteiger partial charge on any atom is 0.264 e. The van der Waals surface area contributed by atoms with Crippen molar-refractivity contribution in [3.63, 3.8) is 0 Å². The molecule has 0 unspecified atom stereocenters. The summed E-state index contributed by atoms with van der Waals surface area (Å²) in [6.45, 7) is 1.53. The summed E-state index contributed by atoms with van der Waals surface area (Å²) in [5.74, 6) is -0.0251. The average Bonchev–Trinajstić information content (AvgIpc) is 2.84. The first-order valence-electron chi connectivity index (χ1n) is 11.5. The average molecular weight is 520 g/mol. The smallest absolute Gasteiger partial charge is 0.264 e. The number of Topliss-reactive ketones (excluding diaryl/α,β-unsaturated/α-hetero) is 1. The van der Waals surface area contributed by atoms with E-state index in [1.807, 2.05) is 84.9 Å². The molecule has 0 aliphatic rings. The molecule has 0 aliphatic heterocycles. The summed E-state index contributed by atoms with van der Waals surface area (Å²) in [5, 5.41) is 1.64. The Balaban J connectivity index is 1.58. The van der Waals surface area contributed by atoms with Crippen LogP contribution in [0.4, 0.5) is 0 Å². The molecule has 4 aromatic rings. The Bertz CT molecular complexity index is 1550. The van der Waals surface area contributed by atoms with Gasteiger partial charge in [0.1, 0.15) is 6.10 Å². The number of carbonyl (C=O) groups is 1. The summed E-state index contributed by atoms with van der Waals surface area (Å²) in [6.07, 6.45) is 5.08. The normalized spacial score (nSPS) is 12.8. The Kier molecular flexibility index (Phi) is 7.99. The van der Waals surface area contributed by atoms with E-state index in [-0.39, 0.29) is 5.78 Å². The zero-order valence-corrected chi connectivity index (χ0v) is 21.6. The third-order valence-corrected chi connectivity index (χ3v) is 6.59. The highest BCUT2D eigenvalue weighted by atomic mass is 35.5. The van der Waals surface area contributed by atoms with Crippen LogP contribution >= 0.6 is 11.6 Å². The molecule has 0 radical (unpaired) electrons. The van der Waals surface area contributed by atoms with E-state index in [4.69, 9.17) is 15.8 Å². The van der Waals surface area contributed by atoms with Crippen LogP contribution in [-0.4, -0.2) is 25.4 Å². The van der Waals surface area contributed by atoms with E-state index in [1.54, 1.807) is 6.07 Å². The number of hydrogen-bond acceptors (Lipinski definition) is 5. The molecule has 4 rings (SSSR count). The number of rotatable bonds is 9. The first-order chi connectivity index (χ1) is 17.2. The summed E-state index contributed by atoms with van der Waals surface area (Å²) in [4.78, 5) is 16.6. The lowest BCUT2D eigenvalue weighted by atomic mass is 9.96. The van der Waals surface area contributed by atoms with Gasteiger partial charge in [-0.1, -0.05) is 72.3 Å². The summed E-state index contributed by atoms with van der Waals surface area (Å²) in [7, 11) is -3.70. The maximum atomic E-state index is 12.0. The van der Waals surface area contributed by atoms with Gasteiger partial charge in [-0.15, -0.1) is 0 Å². The number of pyridine rings is 1. The second kappa shape index (κ2) is 11.2. The monoisotopic (exact) mass is 519 g/mol. The van der Waals surface area contributed by atoms with E-state index in [9.17, 15) is 13.2 Å². The van der Waals surface area contributed by atoms with Crippen LogP contribution in [0.25, 0.3) is 23.1 Å². The largest absolute Gasteiger partial charge is 0.295 e. The van der Waals surface area contributed by atoms with Crippen molar-refractivity contribution in [2.24, 2.45) is 0 Å². The Labute approximate surface area is 216 Å². The zero-order valence-electron chi connectivity index (χ0n) is 20.0. The molecule has 0 bridgehead atoms. The Morgan fingerprint density at radius 1 is 1.00 bits per heavy atom. The van der Waals surface area contributed by atoms with Crippen LogP contribution < -0.4 is 0 Å². The Morgan fingerprint density at radius 2 is 1.78 bits per heavy atom. The molecule has 0 aliphatic carbocycles. The molecule has 0 N–H and O–H groups in total. The molecule has 1 heterocycles. The van der Waals surface area contributed by atoms with E-state index < -0.39 is 16.2 Å². The molecular weight excluding hydrogens is 494 g/mol. The van der Waals surface area contributed by atoms with Crippen molar-refractivity contribution in [3.8, 4) is 0 Å². The number of halogens is 1.